The smallest absolute Gasteiger partial charge is 0.224 e. The van der Waals surface area contributed by atoms with Gasteiger partial charge in [-0.3, -0.25) is 4.79 Å². The summed E-state index contributed by atoms with van der Waals surface area (Å²) in [5.41, 5.74) is 4.66. The van der Waals surface area contributed by atoms with Crippen LogP contribution in [0.2, 0.25) is 0 Å². The topological polar surface area (TPSA) is 55.1 Å². The van der Waals surface area contributed by atoms with Gasteiger partial charge < -0.3 is 11.1 Å². The van der Waals surface area contributed by atoms with Gasteiger partial charge in [-0.1, -0.05) is 0 Å². The third kappa shape index (κ3) is 3.69. The Hall–Kier alpha value is -0.280. The lowest BCUT2D eigenvalue weighted by Crippen LogP contribution is -2.39. The highest BCUT2D eigenvalue weighted by Gasteiger charge is 2.22. The predicted molar refractivity (Wildman–Crippen MR) is 44.2 cm³/mol. The van der Waals surface area contributed by atoms with E-state index in [0.29, 0.717) is 6.54 Å². The lowest BCUT2D eigenvalue weighted by molar-refractivity contribution is -0.125. The number of nitrogens with one attached hydrogen (secondary N) is 1. The molecule has 0 aliphatic rings. The predicted octanol–water partition coefficient (Wildman–Crippen LogP) is 0.139. The maximum Gasteiger partial charge on any atom is 0.224 e. The zero-order valence-corrected chi connectivity index (χ0v) is 7.42. The van der Waals surface area contributed by atoms with E-state index in [4.69, 9.17) is 5.73 Å². The van der Waals surface area contributed by atoms with Gasteiger partial charge in [0.1, 0.15) is 0 Å². The molecule has 0 rings (SSSR count). The first-order valence-corrected chi connectivity index (χ1v) is 2.95. The molecule has 0 aliphatic heterocycles. The number of halogens is 1. The van der Waals surface area contributed by atoms with Gasteiger partial charge in [-0.05, 0) is 20.9 Å². The van der Waals surface area contributed by atoms with Gasteiger partial charge in [0, 0.05) is 6.54 Å². The van der Waals surface area contributed by atoms with Gasteiger partial charge in [0.15, 0.2) is 0 Å². The third-order valence-electron chi connectivity index (χ3n) is 1.29. The molecule has 3 nitrogen and oxygen atoms in total. The lowest BCUT2D eigenvalue weighted by Gasteiger charge is -2.18. The van der Waals surface area contributed by atoms with Crippen LogP contribution in [-0.2, 0) is 4.79 Å². The van der Waals surface area contributed by atoms with Crippen LogP contribution in [0.3, 0.4) is 0 Å². The molecule has 10 heavy (non-hydrogen) atoms. The van der Waals surface area contributed by atoms with Crippen LogP contribution < -0.4 is 11.1 Å². The van der Waals surface area contributed by atoms with Gasteiger partial charge in [0.2, 0.25) is 5.91 Å². The molecule has 0 bridgehead atoms. The van der Waals surface area contributed by atoms with E-state index in [1.165, 1.54) is 0 Å². The summed E-state index contributed by atoms with van der Waals surface area (Å²) < 4.78 is 0. The van der Waals surface area contributed by atoms with Crippen molar-refractivity contribution in [2.24, 2.45) is 11.1 Å². The van der Waals surface area contributed by atoms with Crippen LogP contribution in [0, 0.1) is 5.41 Å². The SMILES string of the molecule is CNCC(C)(C)C(N)=O.Cl. The Morgan fingerprint density at radius 3 is 2.10 bits per heavy atom. The van der Waals surface area contributed by atoms with Crippen molar-refractivity contribution < 1.29 is 4.79 Å². The molecule has 1 amide bonds. The maximum atomic E-state index is 10.6. The molecule has 0 aromatic rings. The quantitative estimate of drug-likeness (QED) is 0.627. The Kier molecular flexibility index (Phi) is 5.61. The molecule has 0 heterocycles. The van der Waals surface area contributed by atoms with E-state index in [9.17, 15) is 4.79 Å². The van der Waals surface area contributed by atoms with Crippen LogP contribution in [0.1, 0.15) is 13.8 Å². The van der Waals surface area contributed by atoms with Crippen LogP contribution in [0.5, 0.6) is 0 Å². The molecule has 4 heteroatoms. The molecule has 0 fully saturated rings. The fourth-order valence-electron chi connectivity index (χ4n) is 0.529. The summed E-state index contributed by atoms with van der Waals surface area (Å²) >= 11 is 0. The van der Waals surface area contributed by atoms with Crippen molar-refractivity contribution in [1.29, 1.82) is 0 Å². The van der Waals surface area contributed by atoms with Gasteiger partial charge in [0.05, 0.1) is 5.41 Å². The van der Waals surface area contributed by atoms with Crippen molar-refractivity contribution in [3.8, 4) is 0 Å². The molecule has 0 radical (unpaired) electrons. The second-order valence-electron chi connectivity index (χ2n) is 2.78. The number of amides is 1. The molecular weight excluding hydrogens is 152 g/mol. The molecule has 0 aliphatic carbocycles. The van der Waals surface area contributed by atoms with Gasteiger partial charge in [-0.25, -0.2) is 0 Å². The van der Waals surface area contributed by atoms with Gasteiger partial charge in [-0.2, -0.15) is 0 Å². The standard InChI is InChI=1S/C6H14N2O.ClH/c1-6(2,4-8-3)5(7)9;/h8H,4H2,1-3H3,(H2,7,9);1H. The van der Waals surface area contributed by atoms with Gasteiger partial charge >= 0.3 is 0 Å². The molecule has 3 N–H and O–H groups in total. The summed E-state index contributed by atoms with van der Waals surface area (Å²) in [4.78, 5) is 10.6. The minimum absolute atomic E-state index is 0. The Morgan fingerprint density at radius 1 is 1.60 bits per heavy atom. The average molecular weight is 167 g/mol. The van der Waals surface area contributed by atoms with E-state index in [0.717, 1.165) is 0 Å². The number of nitrogens with two attached hydrogens (primary N) is 1. The number of carbonyl (C=O) groups excluding carboxylic acids is 1. The van der Waals surface area contributed by atoms with Crippen LogP contribution >= 0.6 is 12.4 Å². The van der Waals surface area contributed by atoms with Crippen molar-refractivity contribution in [2.75, 3.05) is 13.6 Å². The van der Waals surface area contributed by atoms with Crippen LogP contribution in [0.15, 0.2) is 0 Å². The van der Waals surface area contributed by atoms with Gasteiger partial charge in [-0.15, -0.1) is 12.4 Å². The van der Waals surface area contributed by atoms with E-state index in [1.807, 2.05) is 13.8 Å². The van der Waals surface area contributed by atoms with E-state index < -0.39 is 5.41 Å². The highest BCUT2D eigenvalue weighted by molar-refractivity contribution is 5.85. The third-order valence-corrected chi connectivity index (χ3v) is 1.29. The van der Waals surface area contributed by atoms with Crippen molar-refractivity contribution in [1.82, 2.24) is 5.32 Å². The van der Waals surface area contributed by atoms with Crippen LogP contribution in [0.25, 0.3) is 0 Å². The average Bonchev–Trinajstić information content (AvgIpc) is 1.65. The Bertz CT molecular complexity index is 114. The Balaban J connectivity index is 0. The largest absolute Gasteiger partial charge is 0.369 e. The molecule has 0 saturated carbocycles. The zero-order valence-electron chi connectivity index (χ0n) is 6.60. The molecular formula is C6H15ClN2O. The highest BCUT2D eigenvalue weighted by Crippen LogP contribution is 2.10. The summed E-state index contributed by atoms with van der Waals surface area (Å²) in [7, 11) is 1.80. The van der Waals surface area contributed by atoms with E-state index in [-0.39, 0.29) is 18.3 Å². The van der Waals surface area contributed by atoms with Crippen LogP contribution in [0.4, 0.5) is 0 Å². The Morgan fingerprint density at radius 2 is 2.00 bits per heavy atom. The first-order valence-electron chi connectivity index (χ1n) is 2.95. The molecule has 0 unspecified atom stereocenters. The van der Waals surface area contributed by atoms with Crippen molar-refractivity contribution in [2.45, 2.75) is 13.8 Å². The monoisotopic (exact) mass is 166 g/mol. The normalized spacial score (nSPS) is 10.3. The molecule has 0 aromatic carbocycles. The maximum absolute atomic E-state index is 10.6. The fraction of sp³-hybridized carbons (Fsp3) is 0.833. The van der Waals surface area contributed by atoms with Gasteiger partial charge in [0.25, 0.3) is 0 Å². The Labute approximate surface area is 67.8 Å². The minimum atomic E-state index is -0.422. The fourth-order valence-corrected chi connectivity index (χ4v) is 0.529. The number of primary amides is 1. The summed E-state index contributed by atoms with van der Waals surface area (Å²) in [6, 6.07) is 0. The first kappa shape index (κ1) is 12.4. The highest BCUT2D eigenvalue weighted by atomic mass is 35.5. The van der Waals surface area contributed by atoms with E-state index in [2.05, 4.69) is 5.32 Å². The molecule has 0 saturated heterocycles. The van der Waals surface area contributed by atoms with Crippen LogP contribution in [-0.4, -0.2) is 19.5 Å². The number of hydrogen-bond donors (Lipinski definition) is 2. The van der Waals surface area contributed by atoms with Crippen molar-refractivity contribution >= 4 is 18.3 Å². The molecule has 0 aromatic heterocycles. The zero-order chi connectivity index (χ0) is 7.49. The van der Waals surface area contributed by atoms with E-state index >= 15 is 0 Å². The van der Waals surface area contributed by atoms with Crippen molar-refractivity contribution in [3.05, 3.63) is 0 Å². The molecule has 0 atom stereocenters. The lowest BCUT2D eigenvalue weighted by atomic mass is 9.93. The summed E-state index contributed by atoms with van der Waals surface area (Å²) in [5.74, 6) is -0.267. The number of carbonyl (C=O) groups is 1. The van der Waals surface area contributed by atoms with E-state index in [1.54, 1.807) is 7.05 Å². The summed E-state index contributed by atoms with van der Waals surface area (Å²) in [5, 5.41) is 2.89. The second-order valence-corrected chi connectivity index (χ2v) is 2.78. The summed E-state index contributed by atoms with van der Waals surface area (Å²) in [6.45, 7) is 4.25. The second kappa shape index (κ2) is 4.52. The molecule has 62 valence electrons. The number of rotatable bonds is 3. The first-order chi connectivity index (χ1) is 4.00. The summed E-state index contributed by atoms with van der Waals surface area (Å²) in [6.07, 6.45) is 0. The van der Waals surface area contributed by atoms with Crippen molar-refractivity contribution in [3.63, 3.8) is 0 Å². The minimum Gasteiger partial charge on any atom is -0.369 e. The number of hydrogen-bond acceptors (Lipinski definition) is 2. The molecule has 0 spiro atoms.